The predicted molar refractivity (Wildman–Crippen MR) is 110 cm³/mol. The minimum atomic E-state index is -1.02. The van der Waals surface area contributed by atoms with E-state index in [4.69, 9.17) is 15.5 Å². The molecule has 3 aromatic rings. The fraction of sp³-hybridized carbons (Fsp3) is 0.174. The number of phenols is 1. The van der Waals surface area contributed by atoms with E-state index in [1.165, 1.54) is 6.92 Å². The number of carbonyl (C=O) groups excluding carboxylic acids is 2. The summed E-state index contributed by atoms with van der Waals surface area (Å²) in [6.07, 6.45) is 2.37. The van der Waals surface area contributed by atoms with Crippen LogP contribution in [0.15, 0.2) is 48.5 Å². The van der Waals surface area contributed by atoms with Crippen LogP contribution >= 0.6 is 0 Å². The van der Waals surface area contributed by atoms with Gasteiger partial charge in [-0.05, 0) is 60.7 Å². The number of para-hydroxylation sites is 1. The number of phenolic OH excluding ortho intramolecular Hbond substituents is 1. The number of aromatic nitrogens is 1. The van der Waals surface area contributed by atoms with Gasteiger partial charge in [0.2, 0.25) is 0 Å². The summed E-state index contributed by atoms with van der Waals surface area (Å²) in [6, 6.07) is 14.3. The van der Waals surface area contributed by atoms with Gasteiger partial charge < -0.3 is 15.6 Å². The first-order valence-electron chi connectivity index (χ1n) is 9.36. The van der Waals surface area contributed by atoms with Crippen LogP contribution in [0.1, 0.15) is 40.5 Å². The van der Waals surface area contributed by atoms with E-state index in [0.29, 0.717) is 22.9 Å². The molecule has 6 nitrogen and oxygen atoms in total. The Morgan fingerprint density at radius 3 is 2.59 bits per heavy atom. The Labute approximate surface area is 167 Å². The van der Waals surface area contributed by atoms with Crippen LogP contribution in [0.4, 0.5) is 0 Å². The molecule has 6 heteroatoms. The number of primary amides is 1. The van der Waals surface area contributed by atoms with Crippen molar-refractivity contribution in [1.29, 1.82) is 0 Å². The van der Waals surface area contributed by atoms with E-state index in [9.17, 15) is 14.7 Å². The number of nitrogens with two attached hydrogens (primary N) is 1. The maximum Gasteiger partial charge on any atom is 0.339 e. The number of amides is 1. The Balaban J connectivity index is 1.84. The number of rotatable bonds is 4. The molecule has 0 saturated carbocycles. The van der Waals surface area contributed by atoms with Crippen LogP contribution in [0.2, 0.25) is 0 Å². The number of pyridine rings is 1. The molecule has 146 valence electrons. The zero-order valence-corrected chi connectivity index (χ0v) is 15.9. The number of allylic oxidation sites excluding steroid dienone is 1. The molecule has 3 N–H and O–H groups in total. The van der Waals surface area contributed by atoms with Gasteiger partial charge in [-0.3, -0.25) is 4.79 Å². The van der Waals surface area contributed by atoms with Crippen molar-refractivity contribution >= 4 is 34.4 Å². The van der Waals surface area contributed by atoms with Crippen LogP contribution in [-0.2, 0) is 16.0 Å². The highest BCUT2D eigenvalue weighted by Gasteiger charge is 2.29. The van der Waals surface area contributed by atoms with Crippen molar-refractivity contribution < 1.29 is 19.4 Å². The SMILES string of the molecule is C[C@H](OC(=O)c1c2c(nc3ccccc13)/C(=C/c1ccc(O)cc1)CC2)C(N)=O. The van der Waals surface area contributed by atoms with Gasteiger partial charge in [-0.2, -0.15) is 0 Å². The van der Waals surface area contributed by atoms with Crippen molar-refractivity contribution in [2.45, 2.75) is 25.9 Å². The fourth-order valence-corrected chi connectivity index (χ4v) is 3.56. The molecule has 29 heavy (non-hydrogen) atoms. The minimum Gasteiger partial charge on any atom is -0.508 e. The third kappa shape index (κ3) is 3.57. The Morgan fingerprint density at radius 1 is 1.14 bits per heavy atom. The molecule has 1 heterocycles. The van der Waals surface area contributed by atoms with Gasteiger partial charge in [0.05, 0.1) is 16.8 Å². The van der Waals surface area contributed by atoms with Crippen LogP contribution in [-0.4, -0.2) is 28.1 Å². The van der Waals surface area contributed by atoms with Crippen molar-refractivity contribution in [3.05, 3.63) is 70.9 Å². The fourth-order valence-electron chi connectivity index (χ4n) is 3.56. The summed E-state index contributed by atoms with van der Waals surface area (Å²) in [5.74, 6) is -1.06. The van der Waals surface area contributed by atoms with Crippen molar-refractivity contribution in [2.24, 2.45) is 5.73 Å². The first kappa shape index (κ1) is 18.7. The lowest BCUT2D eigenvalue weighted by Gasteiger charge is -2.14. The van der Waals surface area contributed by atoms with E-state index in [-0.39, 0.29) is 5.75 Å². The zero-order valence-electron chi connectivity index (χ0n) is 15.9. The van der Waals surface area contributed by atoms with E-state index in [2.05, 4.69) is 0 Å². The molecule has 0 spiro atoms. The van der Waals surface area contributed by atoms with E-state index >= 15 is 0 Å². The van der Waals surface area contributed by atoms with Gasteiger partial charge in [0.25, 0.3) is 5.91 Å². The second kappa shape index (κ2) is 7.39. The highest BCUT2D eigenvalue weighted by atomic mass is 16.5. The number of ether oxygens (including phenoxy) is 1. The molecular formula is C23H20N2O4. The molecule has 2 aromatic carbocycles. The third-order valence-corrected chi connectivity index (χ3v) is 5.06. The van der Waals surface area contributed by atoms with Crippen molar-refractivity contribution in [3.63, 3.8) is 0 Å². The first-order valence-corrected chi connectivity index (χ1v) is 9.36. The second-order valence-corrected chi connectivity index (χ2v) is 7.04. The lowest BCUT2D eigenvalue weighted by molar-refractivity contribution is -0.125. The van der Waals surface area contributed by atoms with Crippen LogP contribution < -0.4 is 5.73 Å². The molecule has 4 rings (SSSR count). The van der Waals surface area contributed by atoms with Crippen LogP contribution in [0, 0.1) is 0 Å². The van der Waals surface area contributed by atoms with Crippen molar-refractivity contribution in [2.75, 3.05) is 0 Å². The highest BCUT2D eigenvalue weighted by molar-refractivity contribution is 6.07. The van der Waals surface area contributed by atoms with Gasteiger partial charge in [-0.25, -0.2) is 9.78 Å². The van der Waals surface area contributed by atoms with Crippen molar-refractivity contribution in [3.8, 4) is 5.75 Å². The maximum atomic E-state index is 12.9. The quantitative estimate of drug-likeness (QED) is 0.667. The summed E-state index contributed by atoms with van der Waals surface area (Å²) in [5.41, 5.74) is 9.89. The topological polar surface area (TPSA) is 103 Å². The summed E-state index contributed by atoms with van der Waals surface area (Å²) >= 11 is 0. The van der Waals surface area contributed by atoms with Gasteiger partial charge in [0.15, 0.2) is 6.10 Å². The second-order valence-electron chi connectivity index (χ2n) is 7.04. The van der Waals surface area contributed by atoms with Gasteiger partial charge in [-0.15, -0.1) is 0 Å². The normalized spacial score (nSPS) is 15.3. The van der Waals surface area contributed by atoms with E-state index < -0.39 is 18.0 Å². The third-order valence-electron chi connectivity index (χ3n) is 5.06. The maximum absolute atomic E-state index is 12.9. The predicted octanol–water partition coefficient (Wildman–Crippen LogP) is 3.46. The summed E-state index contributed by atoms with van der Waals surface area (Å²) in [4.78, 5) is 29.1. The number of aromatic hydroxyl groups is 1. The largest absolute Gasteiger partial charge is 0.508 e. The summed E-state index contributed by atoms with van der Waals surface area (Å²) in [5, 5.41) is 10.2. The Morgan fingerprint density at radius 2 is 1.86 bits per heavy atom. The molecule has 1 aliphatic rings. The summed E-state index contributed by atoms with van der Waals surface area (Å²) in [6.45, 7) is 1.46. The van der Waals surface area contributed by atoms with Gasteiger partial charge >= 0.3 is 5.97 Å². The van der Waals surface area contributed by atoms with E-state index in [0.717, 1.165) is 28.8 Å². The Bertz CT molecular complexity index is 1150. The standard InChI is InChI=1S/C23H20N2O4/c1-13(22(24)27)29-23(28)20-17-4-2-3-5-19(17)25-21-15(8-11-18(20)21)12-14-6-9-16(26)10-7-14/h2-7,9-10,12-13,26H,8,11H2,1H3,(H2,24,27)/b15-12+/t13-/m0/s1. The first-order chi connectivity index (χ1) is 13.9. The Hall–Kier alpha value is -3.67. The molecule has 1 amide bonds. The lowest BCUT2D eigenvalue weighted by Crippen LogP contribution is -2.30. The highest BCUT2D eigenvalue weighted by Crippen LogP contribution is 2.38. The average Bonchev–Trinajstić information content (AvgIpc) is 3.09. The molecular weight excluding hydrogens is 368 g/mol. The molecule has 1 aliphatic carbocycles. The number of hydrogen-bond donors (Lipinski definition) is 2. The molecule has 1 atom stereocenters. The molecule has 1 aromatic heterocycles. The zero-order chi connectivity index (χ0) is 20.5. The molecule has 0 bridgehead atoms. The Kier molecular flexibility index (Phi) is 4.76. The molecule has 0 unspecified atom stereocenters. The van der Waals surface area contributed by atoms with E-state index in [1.807, 2.05) is 42.5 Å². The molecule has 0 fully saturated rings. The average molecular weight is 388 g/mol. The number of nitrogens with zero attached hydrogens (tertiary/aromatic N) is 1. The van der Waals surface area contributed by atoms with Gasteiger partial charge in [0.1, 0.15) is 5.75 Å². The number of fused-ring (bicyclic) bond motifs is 2. The van der Waals surface area contributed by atoms with Gasteiger partial charge in [0, 0.05) is 5.39 Å². The van der Waals surface area contributed by atoms with Crippen molar-refractivity contribution in [1.82, 2.24) is 4.98 Å². The molecule has 0 radical (unpaired) electrons. The van der Waals surface area contributed by atoms with Crippen LogP contribution in [0.25, 0.3) is 22.6 Å². The molecule has 0 aliphatic heterocycles. The summed E-state index contributed by atoms with van der Waals surface area (Å²) in [7, 11) is 0. The number of carbonyl (C=O) groups is 2. The van der Waals surface area contributed by atoms with Gasteiger partial charge in [-0.1, -0.05) is 30.3 Å². The number of benzene rings is 2. The van der Waals surface area contributed by atoms with Crippen LogP contribution in [0.5, 0.6) is 5.75 Å². The van der Waals surface area contributed by atoms with Crippen LogP contribution in [0.3, 0.4) is 0 Å². The number of esters is 1. The monoisotopic (exact) mass is 388 g/mol. The lowest BCUT2D eigenvalue weighted by atomic mass is 10.0. The van der Waals surface area contributed by atoms with E-state index in [1.54, 1.807) is 12.1 Å². The summed E-state index contributed by atoms with van der Waals surface area (Å²) < 4.78 is 5.31. The molecule has 0 saturated heterocycles. The number of hydrogen-bond acceptors (Lipinski definition) is 5. The minimum absolute atomic E-state index is 0.205. The smallest absolute Gasteiger partial charge is 0.339 e.